The minimum absolute atomic E-state index is 0.588. The van der Waals surface area contributed by atoms with Gasteiger partial charge in [-0.25, -0.2) is 0 Å². The number of methoxy groups -OCH3 is 1. The van der Waals surface area contributed by atoms with Gasteiger partial charge in [0, 0.05) is 0 Å². The van der Waals surface area contributed by atoms with Crippen molar-refractivity contribution in [3.63, 3.8) is 0 Å². The van der Waals surface area contributed by atoms with Crippen LogP contribution in [0.5, 0.6) is 5.75 Å². The van der Waals surface area contributed by atoms with Crippen LogP contribution < -0.4 is 4.74 Å². The van der Waals surface area contributed by atoms with Gasteiger partial charge >= 0.3 is 0 Å². The van der Waals surface area contributed by atoms with Crippen molar-refractivity contribution in [2.45, 2.75) is 20.3 Å². The van der Waals surface area contributed by atoms with Crippen molar-refractivity contribution < 1.29 is 9.53 Å². The Balaban J connectivity index is 0.000000424. The third kappa shape index (κ3) is 4.31. The molecule has 0 aliphatic rings. The van der Waals surface area contributed by atoms with Crippen molar-refractivity contribution >= 4 is 6.29 Å². The molecule has 0 saturated carbocycles. The van der Waals surface area contributed by atoms with Crippen LogP contribution in [0, 0.1) is 0 Å². The monoisotopic (exact) mass is 180 g/mol. The molecule has 13 heavy (non-hydrogen) atoms. The van der Waals surface area contributed by atoms with Crippen LogP contribution in [-0.4, -0.2) is 13.4 Å². The number of hydrogen-bond donors (Lipinski definition) is 0. The number of carbonyl (C=O) groups excluding carboxylic acids is 1. The molecule has 2 nitrogen and oxygen atoms in total. The zero-order valence-electron chi connectivity index (χ0n) is 8.41. The molecule has 0 amide bonds. The van der Waals surface area contributed by atoms with E-state index in [9.17, 15) is 4.79 Å². The first-order valence-electron chi connectivity index (χ1n) is 4.38. The quantitative estimate of drug-likeness (QED) is 0.654. The highest BCUT2D eigenvalue weighted by molar-refractivity contribution is 5.79. The lowest BCUT2D eigenvalue weighted by Crippen LogP contribution is -1.88. The summed E-state index contributed by atoms with van der Waals surface area (Å²) < 4.78 is 4.90. The SMILES string of the molecule is CCC.COc1ccccc1C=O. The summed E-state index contributed by atoms with van der Waals surface area (Å²) in [6.45, 7) is 4.25. The van der Waals surface area contributed by atoms with Gasteiger partial charge in [0.15, 0.2) is 6.29 Å². The third-order valence-corrected chi connectivity index (χ3v) is 1.27. The van der Waals surface area contributed by atoms with E-state index >= 15 is 0 Å². The molecular weight excluding hydrogens is 164 g/mol. The Kier molecular flexibility index (Phi) is 6.60. The van der Waals surface area contributed by atoms with Gasteiger partial charge in [-0.05, 0) is 12.1 Å². The van der Waals surface area contributed by atoms with Crippen LogP contribution in [0.4, 0.5) is 0 Å². The zero-order chi connectivity index (χ0) is 10.1. The lowest BCUT2D eigenvalue weighted by atomic mass is 10.2. The van der Waals surface area contributed by atoms with Crippen molar-refractivity contribution in [3.05, 3.63) is 29.8 Å². The van der Waals surface area contributed by atoms with Crippen molar-refractivity contribution in [1.29, 1.82) is 0 Å². The van der Waals surface area contributed by atoms with Gasteiger partial charge in [0.25, 0.3) is 0 Å². The van der Waals surface area contributed by atoms with Gasteiger partial charge in [-0.3, -0.25) is 4.79 Å². The van der Waals surface area contributed by atoms with Crippen LogP contribution in [0.2, 0.25) is 0 Å². The highest BCUT2D eigenvalue weighted by atomic mass is 16.5. The molecule has 2 heteroatoms. The number of hydrogen-bond acceptors (Lipinski definition) is 2. The average molecular weight is 180 g/mol. The van der Waals surface area contributed by atoms with Gasteiger partial charge in [0.05, 0.1) is 12.7 Å². The molecule has 0 radical (unpaired) electrons. The van der Waals surface area contributed by atoms with Crippen molar-refractivity contribution in [2.24, 2.45) is 0 Å². The summed E-state index contributed by atoms with van der Waals surface area (Å²) in [7, 11) is 1.54. The van der Waals surface area contributed by atoms with Crippen LogP contribution in [0.3, 0.4) is 0 Å². The van der Waals surface area contributed by atoms with Crippen LogP contribution in [0.1, 0.15) is 30.6 Å². The number of para-hydroxylation sites is 1. The van der Waals surface area contributed by atoms with Gasteiger partial charge < -0.3 is 4.74 Å². The van der Waals surface area contributed by atoms with Crippen molar-refractivity contribution in [1.82, 2.24) is 0 Å². The summed E-state index contributed by atoms with van der Waals surface area (Å²) >= 11 is 0. The second kappa shape index (κ2) is 7.35. The second-order valence-electron chi connectivity index (χ2n) is 2.57. The fourth-order valence-electron chi connectivity index (χ4n) is 0.764. The van der Waals surface area contributed by atoms with Gasteiger partial charge in [-0.1, -0.05) is 32.4 Å². The van der Waals surface area contributed by atoms with Crippen LogP contribution in [0.25, 0.3) is 0 Å². The average Bonchev–Trinajstić information content (AvgIpc) is 2.19. The molecule has 0 bridgehead atoms. The Hall–Kier alpha value is -1.31. The maximum Gasteiger partial charge on any atom is 0.153 e. The molecule has 1 aromatic rings. The largest absolute Gasteiger partial charge is 0.496 e. The molecule has 0 saturated heterocycles. The van der Waals surface area contributed by atoms with E-state index in [4.69, 9.17) is 4.74 Å². The zero-order valence-corrected chi connectivity index (χ0v) is 8.41. The molecule has 0 aliphatic heterocycles. The molecular formula is C11H16O2. The molecule has 1 rings (SSSR count). The van der Waals surface area contributed by atoms with E-state index in [1.165, 1.54) is 6.42 Å². The predicted molar refractivity (Wildman–Crippen MR) is 54.3 cm³/mol. The second-order valence-corrected chi connectivity index (χ2v) is 2.57. The number of carbonyl (C=O) groups is 1. The van der Waals surface area contributed by atoms with E-state index in [1.54, 1.807) is 25.3 Å². The fourth-order valence-corrected chi connectivity index (χ4v) is 0.764. The Morgan fingerprint density at radius 2 is 1.85 bits per heavy atom. The molecule has 0 spiro atoms. The van der Waals surface area contributed by atoms with E-state index in [0.29, 0.717) is 11.3 Å². The number of aldehydes is 1. The summed E-state index contributed by atoms with van der Waals surface area (Å²) in [5.74, 6) is 0.623. The number of benzene rings is 1. The molecule has 72 valence electrons. The van der Waals surface area contributed by atoms with Crippen LogP contribution in [0.15, 0.2) is 24.3 Å². The Morgan fingerprint density at radius 1 is 1.31 bits per heavy atom. The molecule has 0 aliphatic carbocycles. The Bertz CT molecular complexity index is 244. The molecule has 0 N–H and O–H groups in total. The van der Waals surface area contributed by atoms with Gasteiger partial charge in [-0.2, -0.15) is 0 Å². The topological polar surface area (TPSA) is 26.3 Å². The molecule has 1 aromatic carbocycles. The maximum atomic E-state index is 10.3. The van der Waals surface area contributed by atoms with Gasteiger partial charge in [-0.15, -0.1) is 0 Å². The summed E-state index contributed by atoms with van der Waals surface area (Å²) in [6, 6.07) is 7.09. The molecule has 0 aromatic heterocycles. The molecule has 0 atom stereocenters. The molecule has 0 heterocycles. The van der Waals surface area contributed by atoms with E-state index in [0.717, 1.165) is 6.29 Å². The summed E-state index contributed by atoms with van der Waals surface area (Å²) in [5.41, 5.74) is 0.588. The molecule has 0 unspecified atom stereocenters. The summed E-state index contributed by atoms with van der Waals surface area (Å²) in [5, 5.41) is 0. The first-order chi connectivity index (χ1) is 6.29. The first-order valence-corrected chi connectivity index (χ1v) is 4.38. The van der Waals surface area contributed by atoms with Crippen molar-refractivity contribution in [3.8, 4) is 5.75 Å². The number of rotatable bonds is 2. The Labute approximate surface area is 79.5 Å². The van der Waals surface area contributed by atoms with Gasteiger partial charge in [0.1, 0.15) is 5.75 Å². The fraction of sp³-hybridized carbons (Fsp3) is 0.364. The maximum absolute atomic E-state index is 10.3. The minimum Gasteiger partial charge on any atom is -0.496 e. The standard InChI is InChI=1S/C8H8O2.C3H8/c1-10-8-5-3-2-4-7(8)6-9;1-3-2/h2-6H,1H3;3H2,1-2H3. The van der Waals surface area contributed by atoms with E-state index in [-0.39, 0.29) is 0 Å². The first kappa shape index (κ1) is 11.7. The smallest absolute Gasteiger partial charge is 0.153 e. The number of ether oxygens (including phenoxy) is 1. The van der Waals surface area contributed by atoms with E-state index in [1.807, 2.05) is 6.07 Å². The van der Waals surface area contributed by atoms with Crippen LogP contribution >= 0.6 is 0 Å². The van der Waals surface area contributed by atoms with Crippen molar-refractivity contribution in [2.75, 3.05) is 7.11 Å². The summed E-state index contributed by atoms with van der Waals surface area (Å²) in [6.07, 6.45) is 2.03. The molecule has 0 fully saturated rings. The van der Waals surface area contributed by atoms with E-state index in [2.05, 4.69) is 13.8 Å². The van der Waals surface area contributed by atoms with Gasteiger partial charge in [0.2, 0.25) is 0 Å². The third-order valence-electron chi connectivity index (χ3n) is 1.27. The lowest BCUT2D eigenvalue weighted by molar-refractivity contribution is 0.112. The normalized spacial score (nSPS) is 8.23. The highest BCUT2D eigenvalue weighted by Crippen LogP contribution is 2.13. The highest BCUT2D eigenvalue weighted by Gasteiger charge is 1.96. The minimum atomic E-state index is 0.588. The lowest BCUT2D eigenvalue weighted by Gasteiger charge is -1.99. The van der Waals surface area contributed by atoms with E-state index < -0.39 is 0 Å². The van der Waals surface area contributed by atoms with Crippen LogP contribution in [-0.2, 0) is 0 Å². The summed E-state index contributed by atoms with van der Waals surface area (Å²) in [4.78, 5) is 10.3. The predicted octanol–water partition coefficient (Wildman–Crippen LogP) is 2.92. The Morgan fingerprint density at radius 3 is 2.23 bits per heavy atom.